The molecule has 8 heteroatoms. The number of nitriles is 1. The zero-order valence-electron chi connectivity index (χ0n) is 13.3. The van der Waals surface area contributed by atoms with E-state index in [0.29, 0.717) is 12.2 Å². The van der Waals surface area contributed by atoms with Crippen LogP contribution in [-0.2, 0) is 4.74 Å². The molecule has 0 unspecified atom stereocenters. The Morgan fingerprint density at radius 2 is 2.12 bits per heavy atom. The number of rotatable bonds is 5. The second-order valence-electron chi connectivity index (χ2n) is 5.35. The molecule has 25 heavy (non-hydrogen) atoms. The van der Waals surface area contributed by atoms with E-state index in [2.05, 4.69) is 9.47 Å². The second-order valence-corrected chi connectivity index (χ2v) is 5.35. The van der Waals surface area contributed by atoms with Crippen LogP contribution < -0.4 is 9.47 Å². The number of carbonyl (C=O) groups excluding carboxylic acids is 1. The van der Waals surface area contributed by atoms with Crippen LogP contribution in [0.2, 0.25) is 0 Å². The van der Waals surface area contributed by atoms with E-state index in [-0.39, 0.29) is 35.1 Å². The van der Waals surface area contributed by atoms with E-state index >= 15 is 0 Å². The lowest BCUT2D eigenvalue weighted by Crippen LogP contribution is -2.26. The van der Waals surface area contributed by atoms with Gasteiger partial charge in [0.2, 0.25) is 0 Å². The molecule has 1 aromatic carbocycles. The van der Waals surface area contributed by atoms with E-state index < -0.39 is 6.29 Å². The Morgan fingerprint density at radius 3 is 2.84 bits per heavy atom. The van der Waals surface area contributed by atoms with Crippen molar-refractivity contribution in [2.24, 2.45) is 0 Å². The van der Waals surface area contributed by atoms with Gasteiger partial charge in [0, 0.05) is 30.1 Å². The van der Waals surface area contributed by atoms with Gasteiger partial charge in [-0.05, 0) is 12.5 Å². The van der Waals surface area contributed by atoms with Crippen molar-refractivity contribution in [3.63, 3.8) is 0 Å². The number of hydrogen-bond acceptors (Lipinski definition) is 5. The quantitative estimate of drug-likeness (QED) is 0.774. The topological polar surface area (TPSA) is 73.5 Å². The number of benzene rings is 1. The molecular formula is C17H14F2N2O4. The molecule has 0 saturated carbocycles. The van der Waals surface area contributed by atoms with Crippen molar-refractivity contribution in [3.05, 3.63) is 36.2 Å². The third-order valence-electron chi connectivity index (χ3n) is 3.53. The third kappa shape index (κ3) is 3.32. The average Bonchev–Trinajstić information content (AvgIpc) is 3.13. The van der Waals surface area contributed by atoms with E-state index in [1.165, 1.54) is 35.2 Å². The Kier molecular flexibility index (Phi) is 4.42. The van der Waals surface area contributed by atoms with Crippen molar-refractivity contribution < 1.29 is 27.8 Å². The van der Waals surface area contributed by atoms with Crippen LogP contribution in [0.5, 0.6) is 11.5 Å². The summed E-state index contributed by atoms with van der Waals surface area (Å²) >= 11 is 0. The summed E-state index contributed by atoms with van der Waals surface area (Å²) in [6, 6.07) is 6.31. The van der Waals surface area contributed by atoms with Crippen molar-refractivity contribution in [1.82, 2.24) is 4.57 Å². The Labute approximate surface area is 142 Å². The first kappa shape index (κ1) is 16.9. The van der Waals surface area contributed by atoms with Crippen LogP contribution in [0.25, 0.3) is 11.1 Å². The predicted octanol–water partition coefficient (Wildman–Crippen LogP) is 3.42. The molecule has 0 spiro atoms. The van der Waals surface area contributed by atoms with Gasteiger partial charge in [-0.15, -0.1) is 8.78 Å². The van der Waals surface area contributed by atoms with Crippen LogP contribution >= 0.6 is 0 Å². The molecule has 0 bridgehead atoms. The molecule has 3 rings (SSSR count). The maximum Gasteiger partial charge on any atom is 0.586 e. The number of fused-ring (bicyclic) bond motifs is 1. The maximum atomic E-state index is 13.3. The summed E-state index contributed by atoms with van der Waals surface area (Å²) in [6.07, 6.45) is -0.265. The lowest BCUT2D eigenvalue weighted by Gasteiger charge is -2.06. The highest BCUT2D eigenvalue weighted by Gasteiger charge is 2.44. The summed E-state index contributed by atoms with van der Waals surface area (Å²) in [5.74, 6) is -0.667. The van der Waals surface area contributed by atoms with Crippen LogP contribution in [0, 0.1) is 11.3 Å². The molecule has 0 saturated heterocycles. The zero-order chi connectivity index (χ0) is 18.0. The van der Waals surface area contributed by atoms with Crippen molar-refractivity contribution in [1.29, 1.82) is 5.26 Å². The largest absolute Gasteiger partial charge is 0.586 e. The summed E-state index contributed by atoms with van der Waals surface area (Å²) in [7, 11) is 0. The van der Waals surface area contributed by atoms with Gasteiger partial charge in [0.25, 0.3) is 5.91 Å². The average molecular weight is 348 g/mol. The smallest absolute Gasteiger partial charge is 0.395 e. The minimum Gasteiger partial charge on any atom is -0.395 e. The van der Waals surface area contributed by atoms with Gasteiger partial charge in [0.05, 0.1) is 5.56 Å². The zero-order valence-corrected chi connectivity index (χ0v) is 13.3. The number of hydrogen-bond donors (Lipinski definition) is 0. The van der Waals surface area contributed by atoms with Crippen LogP contribution in [-0.4, -0.2) is 30.0 Å². The van der Waals surface area contributed by atoms with Gasteiger partial charge in [0.1, 0.15) is 12.7 Å². The van der Waals surface area contributed by atoms with Crippen LogP contribution in [0.1, 0.15) is 23.7 Å². The molecule has 0 N–H and O–H groups in total. The fraction of sp³-hybridized carbons (Fsp3) is 0.294. The van der Waals surface area contributed by atoms with Gasteiger partial charge >= 0.3 is 6.29 Å². The van der Waals surface area contributed by atoms with E-state index in [9.17, 15) is 18.8 Å². The summed E-state index contributed by atoms with van der Waals surface area (Å²) < 4.78 is 42.0. The highest BCUT2D eigenvalue weighted by Crippen LogP contribution is 2.47. The fourth-order valence-corrected chi connectivity index (χ4v) is 2.46. The van der Waals surface area contributed by atoms with Crippen molar-refractivity contribution in [3.8, 4) is 28.7 Å². The number of alkyl halides is 2. The SMILES string of the molecule is CCCOCC(=O)n1cc(C#N)c(-c2cccc3c2OC(F)(F)O3)c1. The third-order valence-corrected chi connectivity index (χ3v) is 3.53. The molecule has 6 nitrogen and oxygen atoms in total. The lowest BCUT2D eigenvalue weighted by molar-refractivity contribution is -0.286. The van der Waals surface area contributed by atoms with Crippen LogP contribution in [0.15, 0.2) is 30.6 Å². The highest BCUT2D eigenvalue weighted by atomic mass is 19.3. The van der Waals surface area contributed by atoms with Gasteiger partial charge in [-0.25, -0.2) is 0 Å². The lowest BCUT2D eigenvalue weighted by atomic mass is 10.0. The molecule has 1 aromatic heterocycles. The molecule has 0 amide bonds. The first-order valence-electron chi connectivity index (χ1n) is 7.57. The first-order valence-corrected chi connectivity index (χ1v) is 7.57. The van der Waals surface area contributed by atoms with Crippen LogP contribution in [0.3, 0.4) is 0 Å². The van der Waals surface area contributed by atoms with Crippen LogP contribution in [0.4, 0.5) is 8.78 Å². The predicted molar refractivity (Wildman–Crippen MR) is 82.5 cm³/mol. The summed E-state index contributed by atoms with van der Waals surface area (Å²) in [5, 5.41) is 9.31. The minimum absolute atomic E-state index is 0.128. The van der Waals surface area contributed by atoms with Crippen molar-refractivity contribution >= 4 is 5.91 Å². The number of para-hydroxylation sites is 1. The molecule has 1 aliphatic heterocycles. The van der Waals surface area contributed by atoms with Gasteiger partial charge in [-0.1, -0.05) is 19.1 Å². The molecule has 0 radical (unpaired) electrons. The van der Waals surface area contributed by atoms with E-state index in [1.807, 2.05) is 13.0 Å². The van der Waals surface area contributed by atoms with Crippen molar-refractivity contribution in [2.45, 2.75) is 19.6 Å². The van der Waals surface area contributed by atoms with E-state index in [0.717, 1.165) is 6.42 Å². The van der Waals surface area contributed by atoms with Gasteiger partial charge < -0.3 is 14.2 Å². The highest BCUT2D eigenvalue weighted by molar-refractivity contribution is 5.85. The van der Waals surface area contributed by atoms with Gasteiger partial charge in [-0.3, -0.25) is 9.36 Å². The van der Waals surface area contributed by atoms with Gasteiger partial charge in [-0.2, -0.15) is 5.26 Å². The number of carbonyl (C=O) groups is 1. The Morgan fingerprint density at radius 1 is 1.32 bits per heavy atom. The monoisotopic (exact) mass is 348 g/mol. The van der Waals surface area contributed by atoms with E-state index in [1.54, 1.807) is 0 Å². The number of aromatic nitrogens is 1. The Hall–Kier alpha value is -2.92. The van der Waals surface area contributed by atoms with Gasteiger partial charge in [0.15, 0.2) is 11.5 Å². The Bertz CT molecular complexity index is 855. The molecule has 0 atom stereocenters. The molecule has 2 aromatic rings. The number of ether oxygens (including phenoxy) is 3. The molecule has 2 heterocycles. The second kappa shape index (κ2) is 6.53. The molecule has 0 aliphatic carbocycles. The van der Waals surface area contributed by atoms with E-state index in [4.69, 9.17) is 4.74 Å². The maximum absolute atomic E-state index is 13.3. The molecule has 130 valence electrons. The molecular weight excluding hydrogens is 334 g/mol. The normalized spacial score (nSPS) is 14.3. The fourth-order valence-electron chi connectivity index (χ4n) is 2.46. The van der Waals surface area contributed by atoms with Crippen molar-refractivity contribution in [2.75, 3.05) is 13.2 Å². The molecule has 0 fully saturated rings. The minimum atomic E-state index is -3.77. The Balaban J connectivity index is 1.96. The summed E-state index contributed by atoms with van der Waals surface area (Å²) in [5.41, 5.74) is 0.688. The number of halogens is 2. The summed E-state index contributed by atoms with van der Waals surface area (Å²) in [4.78, 5) is 12.1. The molecule has 1 aliphatic rings. The number of nitrogens with zero attached hydrogens (tertiary/aromatic N) is 2. The summed E-state index contributed by atoms with van der Waals surface area (Å²) in [6.45, 7) is 2.22. The first-order chi connectivity index (χ1) is 11.9. The standard InChI is InChI=1S/C17H14F2N2O4/c1-2-6-23-10-15(22)21-8-11(7-20)13(9-21)12-4-3-5-14-16(12)25-17(18,19)24-14/h3-5,8-9H,2,6,10H2,1H3.